The van der Waals surface area contributed by atoms with Crippen LogP contribution in [-0.2, 0) is 30.4 Å². The Bertz CT molecular complexity index is 834. The molecule has 1 N–H and O–H groups in total. The van der Waals surface area contributed by atoms with Gasteiger partial charge in [-0.2, -0.15) is 18.3 Å². The summed E-state index contributed by atoms with van der Waals surface area (Å²) in [6.45, 7) is 0.129. The van der Waals surface area contributed by atoms with Crippen molar-refractivity contribution >= 4 is 5.91 Å². The summed E-state index contributed by atoms with van der Waals surface area (Å²) >= 11 is 0. The van der Waals surface area contributed by atoms with Gasteiger partial charge < -0.3 is 14.8 Å². The molecular weight excluding hydrogens is 375 g/mol. The topological polar surface area (TPSA) is 65.4 Å². The van der Waals surface area contributed by atoms with Crippen molar-refractivity contribution in [2.75, 3.05) is 20.3 Å². The summed E-state index contributed by atoms with van der Waals surface area (Å²) in [6, 6.07) is 6.94. The molecule has 1 amide bonds. The molecule has 0 atom stereocenters. The molecule has 0 aliphatic heterocycles. The predicted molar refractivity (Wildman–Crippen MR) is 95.4 cm³/mol. The molecule has 1 aliphatic rings. The van der Waals surface area contributed by atoms with Crippen molar-refractivity contribution in [3.05, 3.63) is 41.2 Å². The molecule has 0 saturated heterocycles. The van der Waals surface area contributed by atoms with Gasteiger partial charge >= 0.3 is 6.18 Å². The minimum absolute atomic E-state index is 0.166. The number of methoxy groups -OCH3 is 1. The lowest BCUT2D eigenvalue weighted by molar-refractivity contribution is -0.142. The number of hydrogen-bond acceptors (Lipinski definition) is 4. The highest BCUT2D eigenvalue weighted by Gasteiger charge is 2.39. The minimum Gasteiger partial charge on any atom is -0.493 e. The second-order valence-corrected chi connectivity index (χ2v) is 6.49. The normalized spacial score (nSPS) is 13.7. The third-order valence-corrected chi connectivity index (χ3v) is 4.60. The van der Waals surface area contributed by atoms with E-state index in [0.717, 1.165) is 12.8 Å². The van der Waals surface area contributed by atoms with Gasteiger partial charge in [0, 0.05) is 17.8 Å². The maximum Gasteiger partial charge on any atom is 0.435 e. The number of carbonyl (C=O) groups is 1. The molecule has 28 heavy (non-hydrogen) atoms. The number of fused-ring (bicyclic) bond motifs is 1. The van der Waals surface area contributed by atoms with Gasteiger partial charge in [-0.25, -0.2) is 0 Å². The zero-order chi connectivity index (χ0) is 20.1. The Hall–Kier alpha value is -2.71. The van der Waals surface area contributed by atoms with Crippen molar-refractivity contribution in [3.8, 4) is 11.5 Å². The average Bonchev–Trinajstić information content (AvgIpc) is 3.06. The largest absolute Gasteiger partial charge is 0.493 e. The summed E-state index contributed by atoms with van der Waals surface area (Å²) in [5.74, 6) is 0.581. The first-order chi connectivity index (χ1) is 13.4. The van der Waals surface area contributed by atoms with Crippen LogP contribution in [-0.4, -0.2) is 35.9 Å². The van der Waals surface area contributed by atoms with Crippen molar-refractivity contribution in [2.45, 2.75) is 38.4 Å². The first kappa shape index (κ1) is 20.0. The second-order valence-electron chi connectivity index (χ2n) is 6.49. The van der Waals surface area contributed by atoms with Gasteiger partial charge in [-0.15, -0.1) is 0 Å². The summed E-state index contributed by atoms with van der Waals surface area (Å²) < 4.78 is 51.5. The number of rotatable bonds is 7. The number of amides is 1. The fourth-order valence-corrected chi connectivity index (χ4v) is 3.32. The fourth-order valence-electron chi connectivity index (χ4n) is 3.32. The van der Waals surface area contributed by atoms with E-state index in [2.05, 4.69) is 10.4 Å². The molecule has 1 aromatic heterocycles. The highest BCUT2D eigenvalue weighted by atomic mass is 19.4. The lowest BCUT2D eigenvalue weighted by Gasteiger charge is -2.15. The highest BCUT2D eigenvalue weighted by Crippen LogP contribution is 2.35. The number of nitrogens with zero attached hydrogens (tertiary/aromatic N) is 2. The van der Waals surface area contributed by atoms with Crippen molar-refractivity contribution in [1.29, 1.82) is 0 Å². The van der Waals surface area contributed by atoms with Crippen LogP contribution in [0.5, 0.6) is 11.5 Å². The SMILES string of the molecule is COc1ccccc1OCC(=O)NCCn1nc(C(F)(F)F)c2c1CCCC2. The first-order valence-corrected chi connectivity index (χ1v) is 9.08. The molecule has 2 aromatic rings. The van der Waals surface area contributed by atoms with Crippen molar-refractivity contribution in [1.82, 2.24) is 15.1 Å². The van der Waals surface area contributed by atoms with E-state index in [1.807, 2.05) is 0 Å². The summed E-state index contributed by atoms with van der Waals surface area (Å²) in [7, 11) is 1.50. The monoisotopic (exact) mass is 397 g/mol. The molecule has 6 nitrogen and oxygen atoms in total. The Kier molecular flexibility index (Phi) is 6.11. The third-order valence-electron chi connectivity index (χ3n) is 4.60. The van der Waals surface area contributed by atoms with Crippen molar-refractivity contribution < 1.29 is 27.4 Å². The number of halogens is 3. The van der Waals surface area contributed by atoms with Gasteiger partial charge in [-0.3, -0.25) is 9.48 Å². The molecule has 1 aliphatic carbocycles. The van der Waals surface area contributed by atoms with E-state index in [1.165, 1.54) is 11.8 Å². The van der Waals surface area contributed by atoms with E-state index in [9.17, 15) is 18.0 Å². The number of benzene rings is 1. The van der Waals surface area contributed by atoms with Crippen LogP contribution in [0.3, 0.4) is 0 Å². The molecule has 1 aromatic carbocycles. The molecule has 0 saturated carbocycles. The van der Waals surface area contributed by atoms with Gasteiger partial charge in [-0.1, -0.05) is 12.1 Å². The lowest BCUT2D eigenvalue weighted by atomic mass is 9.95. The van der Waals surface area contributed by atoms with Crippen LogP contribution >= 0.6 is 0 Å². The maximum absolute atomic E-state index is 13.2. The van der Waals surface area contributed by atoms with Crippen LogP contribution in [0.15, 0.2) is 24.3 Å². The number of carbonyl (C=O) groups excluding carboxylic acids is 1. The van der Waals surface area contributed by atoms with E-state index >= 15 is 0 Å². The zero-order valence-electron chi connectivity index (χ0n) is 15.5. The summed E-state index contributed by atoms with van der Waals surface area (Å²) in [6.07, 6.45) is -1.92. The van der Waals surface area contributed by atoms with E-state index < -0.39 is 11.9 Å². The van der Waals surface area contributed by atoms with E-state index in [-0.39, 0.29) is 25.6 Å². The third kappa shape index (κ3) is 4.58. The summed E-state index contributed by atoms with van der Waals surface area (Å²) in [5, 5.41) is 6.42. The zero-order valence-corrected chi connectivity index (χ0v) is 15.5. The van der Waals surface area contributed by atoms with Crippen LogP contribution in [0.4, 0.5) is 13.2 Å². The molecule has 0 radical (unpaired) electrons. The quantitative estimate of drug-likeness (QED) is 0.780. The van der Waals surface area contributed by atoms with Crippen LogP contribution < -0.4 is 14.8 Å². The number of ether oxygens (including phenoxy) is 2. The summed E-state index contributed by atoms with van der Waals surface area (Å²) in [5.41, 5.74) is 0.121. The molecule has 152 valence electrons. The molecule has 3 rings (SSSR count). The van der Waals surface area contributed by atoms with Gasteiger partial charge in [-0.05, 0) is 37.8 Å². The Morgan fingerprint density at radius 2 is 1.93 bits per heavy atom. The fraction of sp³-hybridized carbons (Fsp3) is 0.474. The molecule has 0 unspecified atom stereocenters. The van der Waals surface area contributed by atoms with E-state index in [4.69, 9.17) is 9.47 Å². The summed E-state index contributed by atoms with van der Waals surface area (Å²) in [4.78, 5) is 12.0. The molecular formula is C19H22F3N3O3. The minimum atomic E-state index is -4.46. The molecule has 0 fully saturated rings. The highest BCUT2D eigenvalue weighted by molar-refractivity contribution is 5.77. The van der Waals surface area contributed by atoms with Gasteiger partial charge in [0.1, 0.15) is 0 Å². The van der Waals surface area contributed by atoms with Gasteiger partial charge in [0.15, 0.2) is 23.8 Å². The smallest absolute Gasteiger partial charge is 0.435 e. The van der Waals surface area contributed by atoms with Crippen LogP contribution in [0.25, 0.3) is 0 Å². The van der Waals surface area contributed by atoms with Crippen LogP contribution in [0.2, 0.25) is 0 Å². The number of hydrogen-bond donors (Lipinski definition) is 1. The van der Waals surface area contributed by atoms with Gasteiger partial charge in [0.2, 0.25) is 0 Å². The number of aromatic nitrogens is 2. The van der Waals surface area contributed by atoms with Crippen molar-refractivity contribution in [3.63, 3.8) is 0 Å². The van der Waals surface area contributed by atoms with Crippen molar-refractivity contribution in [2.24, 2.45) is 0 Å². The number of alkyl halides is 3. The number of nitrogens with one attached hydrogen (secondary N) is 1. The predicted octanol–water partition coefficient (Wildman–Crippen LogP) is 2.98. The Morgan fingerprint density at radius 1 is 1.21 bits per heavy atom. The maximum atomic E-state index is 13.2. The standard InChI is InChI=1S/C19H22F3N3O3/c1-27-15-8-4-5-9-16(15)28-12-17(26)23-10-11-25-14-7-3-2-6-13(14)18(24-25)19(20,21)22/h4-5,8-9H,2-3,6-7,10-12H2,1H3,(H,23,26). The average molecular weight is 397 g/mol. The molecule has 9 heteroatoms. The van der Waals surface area contributed by atoms with Gasteiger partial charge in [0.05, 0.1) is 13.7 Å². The first-order valence-electron chi connectivity index (χ1n) is 9.08. The molecule has 1 heterocycles. The Morgan fingerprint density at radius 3 is 2.64 bits per heavy atom. The van der Waals surface area contributed by atoms with Crippen LogP contribution in [0.1, 0.15) is 29.8 Å². The Balaban J connectivity index is 1.55. The van der Waals surface area contributed by atoms with Crippen LogP contribution in [0, 0.1) is 0 Å². The number of para-hydroxylation sites is 2. The van der Waals surface area contributed by atoms with E-state index in [0.29, 0.717) is 35.6 Å². The molecule has 0 bridgehead atoms. The Labute approximate surface area is 160 Å². The lowest BCUT2D eigenvalue weighted by Crippen LogP contribution is -2.32. The van der Waals surface area contributed by atoms with E-state index in [1.54, 1.807) is 24.3 Å². The van der Waals surface area contributed by atoms with Gasteiger partial charge in [0.25, 0.3) is 5.91 Å². The molecule has 0 spiro atoms. The second kappa shape index (κ2) is 8.53.